The van der Waals surface area contributed by atoms with Gasteiger partial charge in [0.1, 0.15) is 19.8 Å². The molecule has 87 heavy (non-hydrogen) atoms. The molecule has 10 aromatic rings. The maximum absolute atomic E-state index is 6.99. The van der Waals surface area contributed by atoms with Crippen LogP contribution in [0.25, 0.3) is 0 Å². The molecule has 0 aromatic heterocycles. The van der Waals surface area contributed by atoms with Gasteiger partial charge in [-0.05, 0) is 127 Å². The zero-order valence-electron chi connectivity index (χ0n) is 47.9. The Bertz CT molecular complexity index is 3020. The molecule has 0 radical (unpaired) electrons. The van der Waals surface area contributed by atoms with Gasteiger partial charge in [-0.3, -0.25) is 0 Å². The van der Waals surface area contributed by atoms with Crippen molar-refractivity contribution in [2.75, 3.05) is 0 Å². The molecule has 10 rings (SSSR count). The second-order valence-electron chi connectivity index (χ2n) is 19.4. The van der Waals surface area contributed by atoms with E-state index >= 15 is 0 Å². The number of thioether (sulfide) groups is 6. The fourth-order valence-corrected chi connectivity index (χ4v) is 14.2. The minimum absolute atomic E-state index is 0.377. The summed E-state index contributed by atoms with van der Waals surface area (Å²) in [4.78, 5) is 7.36. The third-order valence-corrected chi connectivity index (χ3v) is 19.9. The van der Waals surface area contributed by atoms with Crippen molar-refractivity contribution in [3.63, 3.8) is 0 Å². The molecule has 15 heteroatoms. The third-order valence-electron chi connectivity index (χ3n) is 13.6. The van der Waals surface area contributed by atoms with E-state index in [1.54, 1.807) is 0 Å². The Kier molecular flexibility index (Phi) is 33.0. The Morgan fingerprint density at radius 1 is 0.276 bits per heavy atom. The molecule has 0 saturated heterocycles. The van der Waals surface area contributed by atoms with Gasteiger partial charge >= 0.3 is 83.1 Å². The fraction of sp³-hybridized carbons (Fsp3) is 0.167. The zero-order chi connectivity index (χ0) is 61.4. The summed E-state index contributed by atoms with van der Waals surface area (Å²) in [6.45, 7) is 7.82. The molecule has 0 atom stereocenters. The second-order valence-corrected chi connectivity index (χ2v) is 25.7. The van der Waals surface area contributed by atoms with Gasteiger partial charge in [0.25, 0.3) is 0 Å². The fourth-order valence-electron chi connectivity index (χ4n) is 9.28. The van der Waals surface area contributed by atoms with E-state index in [1.165, 1.54) is 29.4 Å². The molecule has 0 bridgehead atoms. The van der Waals surface area contributed by atoms with Crippen molar-refractivity contribution in [2.24, 2.45) is 0 Å². The van der Waals surface area contributed by atoms with Crippen LogP contribution in [0, 0.1) is 39.0 Å². The summed E-state index contributed by atoms with van der Waals surface area (Å²) in [5, 5.41) is 0. The molecular weight excluding hydrogens is 1530 g/mol. The molecule has 10 aromatic carbocycles. The van der Waals surface area contributed by atoms with E-state index in [0.717, 1.165) is 119 Å². The van der Waals surface area contributed by atoms with Crippen LogP contribution in [0.5, 0.6) is 17.2 Å². The first kappa shape index (κ1) is 71.0. The predicted molar refractivity (Wildman–Crippen MR) is 363 cm³/mol. The molecule has 0 aliphatic heterocycles. The Morgan fingerprint density at radius 3 is 0.598 bits per heavy atom. The van der Waals surface area contributed by atoms with Crippen LogP contribution in [0.15, 0.2) is 248 Å². The number of halogens is 3. The van der Waals surface area contributed by atoms with E-state index in [1.807, 2.05) is 70.6 Å². The molecule has 0 fully saturated rings. The van der Waals surface area contributed by atoms with Crippen LogP contribution in [-0.4, -0.2) is 0 Å². The van der Waals surface area contributed by atoms with Crippen molar-refractivity contribution < 1.29 is 68.8 Å². The van der Waals surface area contributed by atoms with Crippen LogP contribution in [0.4, 0.5) is 0 Å². The van der Waals surface area contributed by atoms with Gasteiger partial charge in [-0.2, -0.15) is 18.2 Å². The van der Waals surface area contributed by atoms with E-state index in [4.69, 9.17) is 14.2 Å². The van der Waals surface area contributed by atoms with E-state index in [-0.39, 0.29) is 0 Å². The minimum atomic E-state index is 0.377. The quantitative estimate of drug-likeness (QED) is 0.0284. The molecule has 0 N–H and O–H groups in total. The summed E-state index contributed by atoms with van der Waals surface area (Å²) in [5.41, 5.74) is 13.5. The molecule has 456 valence electrons. The third kappa shape index (κ3) is 24.0. The van der Waals surface area contributed by atoms with E-state index in [0.29, 0.717) is 19.8 Å². The molecule has 3 nitrogen and oxygen atoms in total. The van der Waals surface area contributed by atoms with Crippen LogP contribution >= 0.6 is 99.2 Å². The van der Waals surface area contributed by atoms with Gasteiger partial charge in [0, 0.05) is 81.1 Å². The van der Waals surface area contributed by atoms with Crippen molar-refractivity contribution in [3.05, 3.63) is 303 Å². The van der Waals surface area contributed by atoms with Crippen molar-refractivity contribution in [1.29, 1.82) is 0 Å². The Hall–Kier alpha value is -3.44. The SMILES string of the molecule is Cc1c(COc2cc(CSc3ccccc3)[c-]c(CSc3ccccc3)c2)c(C)c(COc2cc(CSc3ccccc3)[c-]c(CSc3ccccc3)c2)c(C)c1COc1cc(CSc2ccccc2)[c-]c(CSc2ccccc2)c1.[Cl][Pd+].[Cl][Pd+].[Cl][Pd+]. The molecule has 0 aliphatic carbocycles. The van der Waals surface area contributed by atoms with Crippen molar-refractivity contribution in [2.45, 2.75) is 104 Å². The van der Waals surface area contributed by atoms with Gasteiger partial charge in [0.2, 0.25) is 0 Å². The van der Waals surface area contributed by atoms with Crippen molar-refractivity contribution in [3.8, 4) is 17.2 Å². The summed E-state index contributed by atoms with van der Waals surface area (Å²) in [7, 11) is 13.5. The molecular formula is C72H63Cl3O3Pd3S6. The standard InChI is InChI=1S/C72H63O3S6.3ClH.3Pd/c1-52-70(43-73-61-37-55(46-76-64-22-10-4-11-23-64)34-56(38-61)47-77-65-24-12-5-13-25-65)53(2)72(45-75-63-41-59(50-80-68-30-18-8-19-31-68)36-60(42-63)51-81-69-32-20-9-21-33-69)54(3)71(52)44-74-62-39-57(48-78-66-26-14-6-15-27-66)35-58(40-62)49-79-67-28-16-7-17-29-67;;;;;;/h4-33,37-42H,43-51H2,1-3H3;3*1H;;;/q-3;;;;3*+2/p-3. The average Bonchev–Trinajstić information content (AvgIpc) is 1.21. The van der Waals surface area contributed by atoms with Crippen LogP contribution in [0.3, 0.4) is 0 Å². The van der Waals surface area contributed by atoms with Crippen molar-refractivity contribution >= 4 is 99.2 Å². The molecule has 0 unspecified atom stereocenters. The number of hydrogen-bond donors (Lipinski definition) is 0. The molecule has 0 aliphatic rings. The first-order valence-electron chi connectivity index (χ1n) is 27.4. The summed E-state index contributed by atoms with van der Waals surface area (Å²) in [6, 6.07) is 87.7. The normalized spacial score (nSPS) is 10.6. The van der Waals surface area contributed by atoms with Crippen LogP contribution in [0.2, 0.25) is 0 Å². The Labute approximate surface area is 586 Å². The van der Waals surface area contributed by atoms with Crippen LogP contribution < -0.4 is 14.2 Å². The average molecular weight is 1590 g/mol. The van der Waals surface area contributed by atoms with Crippen LogP contribution in [-0.2, 0) is 109 Å². The number of rotatable bonds is 27. The first-order chi connectivity index (χ1) is 42.8. The summed E-state index contributed by atoms with van der Waals surface area (Å²) in [5.74, 6) is 7.19. The van der Waals surface area contributed by atoms with Gasteiger partial charge in [0.05, 0.1) is 0 Å². The number of ether oxygens (including phenoxy) is 3. The Balaban J connectivity index is 0.00000175. The van der Waals surface area contributed by atoms with E-state index < -0.39 is 0 Å². The second kappa shape index (κ2) is 40.4. The topological polar surface area (TPSA) is 27.7 Å². The predicted octanol–water partition coefficient (Wildman–Crippen LogP) is 22.6. The van der Waals surface area contributed by atoms with Crippen molar-refractivity contribution in [1.82, 2.24) is 0 Å². The molecule has 0 heterocycles. The van der Waals surface area contributed by atoms with Gasteiger partial charge < -0.3 is 14.2 Å². The molecule has 0 spiro atoms. The van der Waals surface area contributed by atoms with Gasteiger partial charge in [-0.1, -0.05) is 109 Å². The monoisotopic (exact) mass is 1590 g/mol. The first-order valence-corrected chi connectivity index (χ1v) is 39.3. The van der Waals surface area contributed by atoms with Gasteiger partial charge in [0.15, 0.2) is 0 Å². The Morgan fingerprint density at radius 2 is 0.437 bits per heavy atom. The summed E-state index contributed by atoms with van der Waals surface area (Å²) >= 11 is 17.6. The van der Waals surface area contributed by atoms with Crippen LogP contribution in [0.1, 0.15) is 66.8 Å². The molecule has 0 amide bonds. The van der Waals surface area contributed by atoms with Gasteiger partial charge in [-0.15, -0.1) is 140 Å². The van der Waals surface area contributed by atoms with E-state index in [2.05, 4.69) is 340 Å². The summed E-state index contributed by atoms with van der Waals surface area (Å²) < 4.78 is 21.0. The maximum atomic E-state index is 6.99. The summed E-state index contributed by atoms with van der Waals surface area (Å²) in [6.07, 6.45) is 0. The number of hydrogen-bond acceptors (Lipinski definition) is 9. The number of benzene rings is 10. The van der Waals surface area contributed by atoms with E-state index in [9.17, 15) is 0 Å². The molecule has 0 saturated carbocycles. The van der Waals surface area contributed by atoms with Gasteiger partial charge in [-0.25, -0.2) is 0 Å². The zero-order valence-corrected chi connectivity index (χ0v) is 59.7.